The van der Waals surface area contributed by atoms with Gasteiger partial charge < -0.3 is 14.5 Å². The van der Waals surface area contributed by atoms with Crippen LogP contribution in [0, 0.1) is 11.6 Å². The fourth-order valence-corrected chi connectivity index (χ4v) is 2.96. The van der Waals surface area contributed by atoms with Gasteiger partial charge in [0.15, 0.2) is 0 Å². The van der Waals surface area contributed by atoms with Crippen molar-refractivity contribution in [3.63, 3.8) is 0 Å². The van der Waals surface area contributed by atoms with E-state index >= 15 is 0 Å². The molecule has 2 aromatic carbocycles. The van der Waals surface area contributed by atoms with Gasteiger partial charge in [-0.2, -0.15) is 8.78 Å². The molecule has 3 rings (SSSR count). The van der Waals surface area contributed by atoms with Gasteiger partial charge in [-0.25, -0.2) is 8.78 Å². The van der Waals surface area contributed by atoms with Gasteiger partial charge >= 0.3 is 6.61 Å². The highest BCUT2D eigenvalue weighted by atomic mass is 19.3. The molecule has 1 saturated heterocycles. The molecule has 0 aliphatic carbocycles. The van der Waals surface area contributed by atoms with Gasteiger partial charge in [0.05, 0.1) is 11.1 Å². The first-order valence-electron chi connectivity index (χ1n) is 8.44. The molecule has 1 aliphatic rings. The maximum Gasteiger partial charge on any atom is 0.387 e. The van der Waals surface area contributed by atoms with E-state index in [2.05, 4.69) is 4.74 Å². The van der Waals surface area contributed by atoms with Gasteiger partial charge in [-0.3, -0.25) is 9.59 Å². The van der Waals surface area contributed by atoms with E-state index in [0.717, 1.165) is 12.1 Å². The summed E-state index contributed by atoms with van der Waals surface area (Å²) < 4.78 is 56.2. The lowest BCUT2D eigenvalue weighted by Gasteiger charge is -2.35. The standard InChI is InChI=1S/C19H16F4N2O3/c20-12-5-6-13(15(21)11-12)17(26)24-7-9-25(10-8-24)18(27)14-3-1-2-4-16(14)28-19(22)23/h1-6,11,19H,7-10H2. The van der Waals surface area contributed by atoms with Crippen molar-refractivity contribution in [3.05, 3.63) is 65.2 Å². The van der Waals surface area contributed by atoms with Crippen LogP contribution in [0.3, 0.4) is 0 Å². The van der Waals surface area contributed by atoms with Crippen LogP contribution >= 0.6 is 0 Å². The summed E-state index contributed by atoms with van der Waals surface area (Å²) in [5.41, 5.74) is -0.260. The Morgan fingerprint density at radius 3 is 2.00 bits per heavy atom. The normalized spacial score (nSPS) is 14.3. The Morgan fingerprint density at radius 2 is 1.43 bits per heavy atom. The monoisotopic (exact) mass is 396 g/mol. The third kappa shape index (κ3) is 4.24. The zero-order valence-corrected chi connectivity index (χ0v) is 14.6. The molecule has 1 aliphatic heterocycles. The Bertz CT molecular complexity index is 883. The summed E-state index contributed by atoms with van der Waals surface area (Å²) in [6.45, 7) is -2.54. The molecule has 28 heavy (non-hydrogen) atoms. The summed E-state index contributed by atoms with van der Waals surface area (Å²) in [5, 5.41) is 0. The van der Waals surface area contributed by atoms with Crippen LogP contribution < -0.4 is 4.74 Å². The van der Waals surface area contributed by atoms with E-state index in [1.54, 1.807) is 0 Å². The predicted molar refractivity (Wildman–Crippen MR) is 91.2 cm³/mol. The molecule has 5 nitrogen and oxygen atoms in total. The van der Waals surface area contributed by atoms with Crippen molar-refractivity contribution in [3.8, 4) is 5.75 Å². The molecule has 0 radical (unpaired) electrons. The number of halogens is 4. The van der Waals surface area contributed by atoms with E-state index in [1.807, 2.05) is 0 Å². The zero-order valence-electron chi connectivity index (χ0n) is 14.6. The van der Waals surface area contributed by atoms with Crippen molar-refractivity contribution in [2.45, 2.75) is 6.61 Å². The van der Waals surface area contributed by atoms with Crippen LogP contribution in [0.1, 0.15) is 20.7 Å². The Balaban J connectivity index is 1.67. The Kier molecular flexibility index (Phi) is 5.81. The minimum atomic E-state index is -3.06. The third-order valence-electron chi connectivity index (χ3n) is 4.35. The first kappa shape index (κ1) is 19.7. The first-order valence-corrected chi connectivity index (χ1v) is 8.44. The van der Waals surface area contributed by atoms with Gasteiger partial charge in [0.2, 0.25) is 0 Å². The number of rotatable bonds is 4. The topological polar surface area (TPSA) is 49.9 Å². The van der Waals surface area contributed by atoms with Gasteiger partial charge in [-0.15, -0.1) is 0 Å². The van der Waals surface area contributed by atoms with Gasteiger partial charge in [0.1, 0.15) is 17.4 Å². The van der Waals surface area contributed by atoms with E-state index in [1.165, 1.54) is 34.1 Å². The van der Waals surface area contributed by atoms with Gasteiger partial charge in [0.25, 0.3) is 11.8 Å². The molecular weight excluding hydrogens is 380 g/mol. The SMILES string of the molecule is O=C(c1ccc(F)cc1F)N1CCN(C(=O)c2ccccc2OC(F)F)CC1. The second-order valence-corrected chi connectivity index (χ2v) is 6.08. The number of benzene rings is 2. The minimum absolute atomic E-state index is 0.00726. The Morgan fingerprint density at radius 1 is 0.857 bits per heavy atom. The first-order chi connectivity index (χ1) is 13.4. The molecule has 0 spiro atoms. The molecule has 1 heterocycles. The molecular formula is C19H16F4N2O3. The third-order valence-corrected chi connectivity index (χ3v) is 4.35. The van der Waals surface area contributed by atoms with Crippen LogP contribution in [0.2, 0.25) is 0 Å². The molecule has 0 saturated carbocycles. The van der Waals surface area contributed by atoms with E-state index in [9.17, 15) is 27.2 Å². The maximum atomic E-state index is 13.8. The van der Waals surface area contributed by atoms with Crippen LogP contribution in [-0.4, -0.2) is 54.4 Å². The maximum absolute atomic E-state index is 13.8. The van der Waals surface area contributed by atoms with E-state index < -0.39 is 30.1 Å². The van der Waals surface area contributed by atoms with Gasteiger partial charge in [-0.1, -0.05) is 12.1 Å². The summed E-state index contributed by atoms with van der Waals surface area (Å²) in [4.78, 5) is 27.8. The minimum Gasteiger partial charge on any atom is -0.434 e. The molecule has 9 heteroatoms. The highest BCUT2D eigenvalue weighted by Gasteiger charge is 2.28. The van der Waals surface area contributed by atoms with Crippen LogP contribution in [0.4, 0.5) is 17.6 Å². The van der Waals surface area contributed by atoms with Crippen molar-refractivity contribution in [2.75, 3.05) is 26.2 Å². The second-order valence-electron chi connectivity index (χ2n) is 6.08. The number of piperazine rings is 1. The summed E-state index contributed by atoms with van der Waals surface area (Å²) in [7, 11) is 0. The average molecular weight is 396 g/mol. The van der Waals surface area contributed by atoms with Crippen molar-refractivity contribution < 1.29 is 31.9 Å². The number of alkyl halides is 2. The fourth-order valence-electron chi connectivity index (χ4n) is 2.96. The largest absolute Gasteiger partial charge is 0.434 e. The lowest BCUT2D eigenvalue weighted by Crippen LogP contribution is -2.50. The van der Waals surface area contributed by atoms with Crippen LogP contribution in [0.25, 0.3) is 0 Å². The van der Waals surface area contributed by atoms with Crippen LogP contribution in [0.15, 0.2) is 42.5 Å². The van der Waals surface area contributed by atoms with Crippen molar-refractivity contribution in [2.24, 2.45) is 0 Å². The lowest BCUT2D eigenvalue weighted by atomic mass is 10.1. The van der Waals surface area contributed by atoms with Crippen molar-refractivity contribution in [1.29, 1.82) is 0 Å². The fraction of sp³-hybridized carbons (Fsp3) is 0.263. The van der Waals surface area contributed by atoms with Crippen molar-refractivity contribution >= 4 is 11.8 Å². The van der Waals surface area contributed by atoms with E-state index in [0.29, 0.717) is 6.07 Å². The highest BCUT2D eigenvalue weighted by molar-refractivity contribution is 5.97. The summed E-state index contributed by atoms with van der Waals surface area (Å²) in [5.74, 6) is -3.08. The lowest BCUT2D eigenvalue weighted by molar-refractivity contribution is -0.0503. The van der Waals surface area contributed by atoms with E-state index in [4.69, 9.17) is 0 Å². The molecule has 0 N–H and O–H groups in total. The molecule has 0 atom stereocenters. The van der Waals surface area contributed by atoms with Crippen LogP contribution in [0.5, 0.6) is 5.75 Å². The van der Waals surface area contributed by atoms with Crippen LogP contribution in [-0.2, 0) is 0 Å². The number of para-hydroxylation sites is 1. The number of carbonyl (C=O) groups is 2. The van der Waals surface area contributed by atoms with Crippen molar-refractivity contribution in [1.82, 2.24) is 9.80 Å². The number of hydrogen-bond donors (Lipinski definition) is 0. The Hall–Kier alpha value is -3.10. The highest BCUT2D eigenvalue weighted by Crippen LogP contribution is 2.23. The molecule has 0 aromatic heterocycles. The molecule has 2 amide bonds. The number of ether oxygens (including phenoxy) is 1. The molecule has 0 bridgehead atoms. The summed E-state index contributed by atoms with van der Waals surface area (Å²) >= 11 is 0. The molecule has 1 fully saturated rings. The van der Waals surface area contributed by atoms with E-state index in [-0.39, 0.29) is 43.1 Å². The number of carbonyl (C=O) groups excluding carboxylic acids is 2. The predicted octanol–water partition coefficient (Wildman–Crippen LogP) is 3.16. The molecule has 2 aromatic rings. The smallest absolute Gasteiger partial charge is 0.387 e. The molecule has 148 valence electrons. The quantitative estimate of drug-likeness (QED) is 0.746. The van der Waals surface area contributed by atoms with Gasteiger partial charge in [0, 0.05) is 32.2 Å². The summed E-state index contributed by atoms with van der Waals surface area (Å²) in [6, 6.07) is 8.36. The number of amides is 2. The number of hydrogen-bond acceptors (Lipinski definition) is 3. The Labute approximate surface area is 158 Å². The second kappa shape index (κ2) is 8.28. The number of nitrogens with zero attached hydrogens (tertiary/aromatic N) is 2. The zero-order chi connectivity index (χ0) is 20.3. The summed E-state index contributed by atoms with van der Waals surface area (Å²) in [6.07, 6.45) is 0. The molecule has 0 unspecified atom stereocenters. The average Bonchev–Trinajstić information content (AvgIpc) is 2.67. The van der Waals surface area contributed by atoms with Gasteiger partial charge in [-0.05, 0) is 24.3 Å².